The number of rotatable bonds is 6. The molecule has 0 saturated heterocycles. The Morgan fingerprint density at radius 1 is 0.972 bits per heavy atom. The van der Waals surface area contributed by atoms with Gasteiger partial charge in [0.2, 0.25) is 5.91 Å². The molecule has 1 unspecified atom stereocenters. The van der Waals surface area contributed by atoms with Crippen molar-refractivity contribution in [1.29, 1.82) is 0 Å². The maximum Gasteiger partial charge on any atom is 0.335 e. The summed E-state index contributed by atoms with van der Waals surface area (Å²) in [6.45, 7) is 0. The van der Waals surface area contributed by atoms with Gasteiger partial charge < -0.3 is 10.4 Å². The number of carbonyl (C=O) groups is 2. The van der Waals surface area contributed by atoms with E-state index in [1.54, 1.807) is 6.07 Å². The highest BCUT2D eigenvalue weighted by Gasteiger charge is 2.37. The molecule has 0 aliphatic heterocycles. The van der Waals surface area contributed by atoms with Crippen molar-refractivity contribution in [2.75, 3.05) is 5.32 Å². The first-order valence-corrected chi connectivity index (χ1v) is 13.4. The zero-order valence-corrected chi connectivity index (χ0v) is 21.5. The van der Waals surface area contributed by atoms with E-state index in [-0.39, 0.29) is 22.4 Å². The number of carboxylic acids is 1. The van der Waals surface area contributed by atoms with Crippen LogP contribution in [0.5, 0.6) is 0 Å². The number of hydrogen-bond donors (Lipinski definition) is 2. The SMILES string of the molecule is O=C(O)c1ccc(NC(=O)C(c2c3c(nn2-c2ccc(Cl)cc2)CCCC3)C2CCCCC2)c(Cl)c1. The minimum absolute atomic E-state index is 0.0803. The number of aryl methyl sites for hydroxylation is 1. The molecule has 36 heavy (non-hydrogen) atoms. The van der Waals surface area contributed by atoms with Crippen LogP contribution in [0.1, 0.15) is 78.2 Å². The summed E-state index contributed by atoms with van der Waals surface area (Å²) in [6.07, 6.45) is 9.31. The van der Waals surface area contributed by atoms with E-state index in [9.17, 15) is 14.7 Å². The monoisotopic (exact) mass is 525 g/mol. The fourth-order valence-corrected chi connectivity index (χ4v) is 6.02. The third-order valence-electron chi connectivity index (χ3n) is 7.44. The molecule has 2 aliphatic rings. The van der Waals surface area contributed by atoms with Crippen molar-refractivity contribution in [2.45, 2.75) is 63.7 Å². The lowest BCUT2D eigenvalue weighted by Gasteiger charge is -2.31. The van der Waals surface area contributed by atoms with E-state index in [4.69, 9.17) is 28.3 Å². The van der Waals surface area contributed by atoms with E-state index in [1.807, 2.05) is 28.9 Å². The van der Waals surface area contributed by atoms with E-state index < -0.39 is 11.9 Å². The van der Waals surface area contributed by atoms with E-state index >= 15 is 0 Å². The number of aromatic nitrogens is 2. The molecule has 188 valence electrons. The molecule has 1 aromatic heterocycles. The second kappa shape index (κ2) is 10.7. The third-order valence-corrected chi connectivity index (χ3v) is 8.00. The summed E-state index contributed by atoms with van der Waals surface area (Å²) in [5.41, 5.74) is 4.62. The molecule has 2 N–H and O–H groups in total. The summed E-state index contributed by atoms with van der Waals surface area (Å²) in [7, 11) is 0. The largest absolute Gasteiger partial charge is 0.478 e. The van der Waals surface area contributed by atoms with E-state index in [0.29, 0.717) is 10.7 Å². The van der Waals surface area contributed by atoms with Crippen LogP contribution in [0.4, 0.5) is 5.69 Å². The maximum atomic E-state index is 14.1. The van der Waals surface area contributed by atoms with Gasteiger partial charge in [-0.3, -0.25) is 4.79 Å². The van der Waals surface area contributed by atoms with Gasteiger partial charge in [-0.1, -0.05) is 42.5 Å². The number of carbonyl (C=O) groups excluding carboxylic acids is 1. The number of carboxylic acid groups (broad SMARTS) is 1. The molecule has 1 atom stereocenters. The van der Waals surface area contributed by atoms with Crippen LogP contribution >= 0.6 is 23.2 Å². The first-order chi connectivity index (χ1) is 17.4. The standard InChI is InChI=1S/C28H29Cl2N3O3/c29-19-11-13-20(14-12-19)33-26(21-8-4-5-9-23(21)32-33)25(17-6-2-1-3-7-17)27(34)31-24-15-10-18(28(35)36)16-22(24)30/h10-17,25H,1-9H2,(H,31,34)(H,35,36). The van der Waals surface area contributed by atoms with Crippen LogP contribution in [0.25, 0.3) is 5.69 Å². The van der Waals surface area contributed by atoms with Crippen molar-refractivity contribution >= 4 is 40.8 Å². The number of hydrogen-bond acceptors (Lipinski definition) is 3. The molecular formula is C28H29Cl2N3O3. The zero-order valence-electron chi connectivity index (χ0n) is 20.0. The van der Waals surface area contributed by atoms with Gasteiger partial charge in [-0.05, 0) is 92.5 Å². The summed E-state index contributed by atoms with van der Waals surface area (Å²) in [5.74, 6) is -1.40. The summed E-state index contributed by atoms with van der Waals surface area (Å²) in [4.78, 5) is 25.4. The molecule has 1 heterocycles. The first-order valence-electron chi connectivity index (χ1n) is 12.6. The molecule has 3 aromatic rings. The van der Waals surface area contributed by atoms with Crippen LogP contribution in [-0.4, -0.2) is 26.8 Å². The van der Waals surface area contributed by atoms with Crippen molar-refractivity contribution in [2.24, 2.45) is 5.92 Å². The summed E-state index contributed by atoms with van der Waals surface area (Å²) in [6, 6.07) is 12.0. The topological polar surface area (TPSA) is 84.2 Å². The van der Waals surface area contributed by atoms with Gasteiger partial charge in [0.1, 0.15) is 0 Å². The van der Waals surface area contributed by atoms with Crippen LogP contribution in [-0.2, 0) is 17.6 Å². The van der Waals surface area contributed by atoms with Gasteiger partial charge in [-0.25, -0.2) is 9.48 Å². The summed E-state index contributed by atoms with van der Waals surface area (Å²) < 4.78 is 1.96. The highest BCUT2D eigenvalue weighted by molar-refractivity contribution is 6.34. The van der Waals surface area contributed by atoms with Crippen LogP contribution in [0.2, 0.25) is 10.0 Å². The lowest BCUT2D eigenvalue weighted by Crippen LogP contribution is -2.31. The fourth-order valence-electron chi connectivity index (χ4n) is 5.67. The second-order valence-electron chi connectivity index (χ2n) is 9.77. The predicted molar refractivity (Wildman–Crippen MR) is 142 cm³/mol. The van der Waals surface area contributed by atoms with Gasteiger partial charge in [0.25, 0.3) is 0 Å². The summed E-state index contributed by atoms with van der Waals surface area (Å²) >= 11 is 12.5. The number of fused-ring (bicyclic) bond motifs is 1. The lowest BCUT2D eigenvalue weighted by molar-refractivity contribution is -0.119. The number of halogens is 2. The number of benzene rings is 2. The summed E-state index contributed by atoms with van der Waals surface area (Å²) in [5, 5.41) is 18.2. The Hall–Kier alpha value is -2.83. The minimum atomic E-state index is -1.06. The number of anilines is 1. The average Bonchev–Trinajstić information content (AvgIpc) is 3.25. The van der Waals surface area contributed by atoms with E-state index in [0.717, 1.165) is 68.4 Å². The van der Waals surface area contributed by atoms with Crippen molar-refractivity contribution < 1.29 is 14.7 Å². The molecule has 6 nitrogen and oxygen atoms in total. The van der Waals surface area contributed by atoms with Gasteiger partial charge in [0.15, 0.2) is 0 Å². The van der Waals surface area contributed by atoms with Crippen LogP contribution < -0.4 is 5.32 Å². The maximum absolute atomic E-state index is 14.1. The van der Waals surface area contributed by atoms with E-state index in [2.05, 4.69) is 5.32 Å². The number of aromatic carboxylic acids is 1. The Morgan fingerprint density at radius 3 is 2.39 bits per heavy atom. The fraction of sp³-hybridized carbons (Fsp3) is 0.393. The van der Waals surface area contributed by atoms with Gasteiger partial charge in [-0.15, -0.1) is 0 Å². The van der Waals surface area contributed by atoms with Crippen LogP contribution in [0, 0.1) is 5.92 Å². The number of nitrogens with zero attached hydrogens (tertiary/aromatic N) is 2. The van der Waals surface area contributed by atoms with Gasteiger partial charge in [0.05, 0.1) is 39.3 Å². The number of amides is 1. The molecule has 0 bridgehead atoms. The molecule has 5 rings (SSSR count). The normalized spacial score (nSPS) is 16.8. The van der Waals surface area contributed by atoms with Crippen LogP contribution in [0.3, 0.4) is 0 Å². The molecule has 0 spiro atoms. The molecule has 1 fully saturated rings. The highest BCUT2D eigenvalue weighted by Crippen LogP contribution is 2.41. The Morgan fingerprint density at radius 2 is 1.69 bits per heavy atom. The first kappa shape index (κ1) is 24.8. The molecule has 2 aliphatic carbocycles. The molecule has 1 saturated carbocycles. The van der Waals surface area contributed by atoms with E-state index in [1.165, 1.54) is 24.1 Å². The van der Waals surface area contributed by atoms with Gasteiger partial charge in [0, 0.05) is 5.02 Å². The lowest BCUT2D eigenvalue weighted by atomic mass is 9.76. The van der Waals surface area contributed by atoms with Gasteiger partial charge in [-0.2, -0.15) is 5.10 Å². The molecule has 2 aromatic carbocycles. The Bertz CT molecular complexity index is 1280. The highest BCUT2D eigenvalue weighted by atomic mass is 35.5. The quantitative estimate of drug-likeness (QED) is 0.360. The predicted octanol–water partition coefficient (Wildman–Crippen LogP) is 7.06. The van der Waals surface area contributed by atoms with Crippen molar-refractivity contribution in [1.82, 2.24) is 9.78 Å². The zero-order chi connectivity index (χ0) is 25.2. The average molecular weight is 526 g/mol. The van der Waals surface area contributed by atoms with Crippen molar-refractivity contribution in [3.05, 3.63) is 75.0 Å². The Labute approximate surface area is 220 Å². The van der Waals surface area contributed by atoms with Crippen molar-refractivity contribution in [3.63, 3.8) is 0 Å². The molecule has 8 heteroatoms. The third kappa shape index (κ3) is 5.02. The Kier molecular flexibility index (Phi) is 7.35. The van der Waals surface area contributed by atoms with Crippen LogP contribution in [0.15, 0.2) is 42.5 Å². The van der Waals surface area contributed by atoms with Crippen molar-refractivity contribution in [3.8, 4) is 5.69 Å². The molecule has 1 amide bonds. The van der Waals surface area contributed by atoms with Gasteiger partial charge >= 0.3 is 5.97 Å². The molecule has 0 radical (unpaired) electrons. The Balaban J connectivity index is 1.59. The second-order valence-corrected chi connectivity index (χ2v) is 10.6. The minimum Gasteiger partial charge on any atom is -0.478 e. The smallest absolute Gasteiger partial charge is 0.335 e. The number of nitrogens with one attached hydrogen (secondary N) is 1. The molecular weight excluding hydrogens is 497 g/mol.